The second-order valence-corrected chi connectivity index (χ2v) is 7.68. The van der Waals surface area contributed by atoms with E-state index in [-0.39, 0.29) is 37.2 Å². The van der Waals surface area contributed by atoms with Crippen molar-refractivity contribution in [1.82, 2.24) is 4.90 Å². The van der Waals surface area contributed by atoms with Crippen LogP contribution in [0.3, 0.4) is 0 Å². The van der Waals surface area contributed by atoms with E-state index in [2.05, 4.69) is 0 Å². The van der Waals surface area contributed by atoms with Gasteiger partial charge in [-0.25, -0.2) is 4.39 Å². The Morgan fingerprint density at radius 3 is 2.63 bits per heavy atom. The van der Waals surface area contributed by atoms with E-state index < -0.39 is 29.2 Å². The van der Waals surface area contributed by atoms with Gasteiger partial charge in [-0.05, 0) is 43.4 Å². The molecule has 0 spiro atoms. The highest BCUT2D eigenvalue weighted by Crippen LogP contribution is 2.37. The molecule has 160 valence electrons. The minimum Gasteiger partial charge on any atom is -0.496 e. The Morgan fingerprint density at radius 2 is 1.97 bits per heavy atom. The number of carboxylic acid groups (broad SMARTS) is 1. The van der Waals surface area contributed by atoms with Gasteiger partial charge in [0.1, 0.15) is 17.0 Å². The second kappa shape index (κ2) is 9.26. The molecular weight excluding hydrogens is 389 g/mol. The van der Waals surface area contributed by atoms with Crippen LogP contribution in [-0.4, -0.2) is 53.3 Å². The highest BCUT2D eigenvalue weighted by atomic mass is 19.1. The third-order valence-electron chi connectivity index (χ3n) is 5.82. The lowest BCUT2D eigenvalue weighted by Crippen LogP contribution is -2.57. The number of carboxylic acids is 1. The zero-order chi connectivity index (χ0) is 21.7. The lowest BCUT2D eigenvalue weighted by molar-refractivity contribution is -0.162. The highest BCUT2D eigenvalue weighted by Gasteiger charge is 2.49. The molecule has 1 fully saturated rings. The molecule has 0 saturated carbocycles. The molecule has 1 aliphatic heterocycles. The number of aryl methyl sites for hydroxylation is 1. The van der Waals surface area contributed by atoms with Crippen molar-refractivity contribution in [2.45, 2.75) is 31.8 Å². The Hall–Kier alpha value is -2.93. The van der Waals surface area contributed by atoms with Crippen LogP contribution in [0.5, 0.6) is 5.75 Å². The maximum atomic E-state index is 13.5. The smallest absolute Gasteiger partial charge is 0.314 e. The van der Waals surface area contributed by atoms with Gasteiger partial charge in [0.05, 0.1) is 18.8 Å². The van der Waals surface area contributed by atoms with E-state index >= 15 is 0 Å². The molecule has 3 rings (SSSR count). The number of aliphatic carboxylic acids is 1. The quantitative estimate of drug-likeness (QED) is 0.726. The van der Waals surface area contributed by atoms with Gasteiger partial charge in [0.15, 0.2) is 0 Å². The number of carbonyl (C=O) groups excluding carboxylic acids is 1. The molecule has 1 heterocycles. The number of ether oxygens (including phenoxy) is 1. The van der Waals surface area contributed by atoms with Crippen molar-refractivity contribution in [2.24, 2.45) is 5.41 Å². The van der Waals surface area contributed by atoms with Gasteiger partial charge in [-0.1, -0.05) is 30.3 Å². The summed E-state index contributed by atoms with van der Waals surface area (Å²) in [6.07, 6.45) is 0.595. The maximum absolute atomic E-state index is 13.5. The number of nitrogens with zero attached hydrogens (tertiary/aromatic N) is 1. The second-order valence-electron chi connectivity index (χ2n) is 7.68. The number of amides is 1. The van der Waals surface area contributed by atoms with Gasteiger partial charge >= 0.3 is 5.97 Å². The summed E-state index contributed by atoms with van der Waals surface area (Å²) in [6.45, 7) is 0.103. The minimum atomic E-state index is -1.45. The summed E-state index contributed by atoms with van der Waals surface area (Å²) in [5.74, 6) is -1.99. The molecule has 1 saturated heterocycles. The first-order chi connectivity index (χ1) is 14.4. The minimum absolute atomic E-state index is 0.0936. The molecule has 2 N–H and O–H groups in total. The zero-order valence-electron chi connectivity index (χ0n) is 16.9. The summed E-state index contributed by atoms with van der Waals surface area (Å²) in [5.41, 5.74) is -0.193. The van der Waals surface area contributed by atoms with Crippen molar-refractivity contribution >= 4 is 11.9 Å². The van der Waals surface area contributed by atoms with Gasteiger partial charge in [0.2, 0.25) is 0 Å². The van der Waals surface area contributed by atoms with Crippen LogP contribution >= 0.6 is 0 Å². The monoisotopic (exact) mass is 415 g/mol. The number of aliphatic hydroxyl groups excluding tert-OH is 1. The molecule has 30 heavy (non-hydrogen) atoms. The fourth-order valence-corrected chi connectivity index (χ4v) is 4.08. The van der Waals surface area contributed by atoms with Gasteiger partial charge in [-0.15, -0.1) is 0 Å². The average molecular weight is 415 g/mol. The van der Waals surface area contributed by atoms with Crippen LogP contribution in [0.25, 0.3) is 0 Å². The lowest BCUT2D eigenvalue weighted by atomic mass is 9.73. The fraction of sp³-hybridized carbons (Fsp3) is 0.391. The molecule has 0 aliphatic carbocycles. The Kier molecular flexibility index (Phi) is 6.72. The van der Waals surface area contributed by atoms with E-state index in [1.165, 1.54) is 24.1 Å². The van der Waals surface area contributed by atoms with Crippen LogP contribution in [-0.2, 0) is 11.2 Å². The van der Waals surface area contributed by atoms with E-state index in [4.69, 9.17) is 4.74 Å². The van der Waals surface area contributed by atoms with Crippen molar-refractivity contribution in [2.75, 3.05) is 20.2 Å². The molecule has 6 nitrogen and oxygen atoms in total. The molecule has 0 unspecified atom stereocenters. The van der Waals surface area contributed by atoms with Gasteiger partial charge in [-0.3, -0.25) is 9.59 Å². The molecule has 1 aliphatic rings. The molecular formula is C23H26FNO5. The molecule has 2 atom stereocenters. The van der Waals surface area contributed by atoms with Crippen LogP contribution in [0.4, 0.5) is 4.39 Å². The third-order valence-corrected chi connectivity index (χ3v) is 5.82. The van der Waals surface area contributed by atoms with E-state index in [9.17, 15) is 24.2 Å². The summed E-state index contributed by atoms with van der Waals surface area (Å²) >= 11 is 0. The fourth-order valence-electron chi connectivity index (χ4n) is 4.08. The van der Waals surface area contributed by atoms with Crippen LogP contribution in [0.2, 0.25) is 0 Å². The van der Waals surface area contributed by atoms with Gasteiger partial charge in [-0.2, -0.15) is 0 Å². The molecule has 0 aromatic heterocycles. The Morgan fingerprint density at radius 1 is 1.23 bits per heavy atom. The number of halogens is 1. The normalized spacial score (nSPS) is 21.3. The van der Waals surface area contributed by atoms with Crippen LogP contribution in [0.15, 0.2) is 48.5 Å². The predicted octanol–water partition coefficient (Wildman–Crippen LogP) is 3.14. The first kappa shape index (κ1) is 21.8. The first-order valence-electron chi connectivity index (χ1n) is 9.95. The summed E-state index contributed by atoms with van der Waals surface area (Å²) in [4.78, 5) is 26.7. The number of rotatable bonds is 7. The van der Waals surface area contributed by atoms with Crippen LogP contribution in [0.1, 0.15) is 35.2 Å². The average Bonchev–Trinajstić information content (AvgIpc) is 2.75. The third kappa shape index (κ3) is 4.46. The zero-order valence-corrected chi connectivity index (χ0v) is 16.9. The SMILES string of the molecule is COc1cc(F)ccc1C(=O)N1CC[C@@H](O)[C@](CCCc2ccccc2)(C(=O)O)C1. The maximum Gasteiger partial charge on any atom is 0.314 e. The van der Waals surface area contributed by atoms with E-state index in [1.807, 2.05) is 30.3 Å². The summed E-state index contributed by atoms with van der Waals surface area (Å²) in [6, 6.07) is 13.3. The molecule has 7 heteroatoms. The van der Waals surface area contributed by atoms with Gasteiger partial charge in [0, 0.05) is 19.2 Å². The van der Waals surface area contributed by atoms with Crippen molar-refractivity contribution in [3.63, 3.8) is 0 Å². The van der Waals surface area contributed by atoms with E-state index in [1.54, 1.807) is 0 Å². The van der Waals surface area contributed by atoms with Crippen molar-refractivity contribution in [3.05, 3.63) is 65.5 Å². The van der Waals surface area contributed by atoms with E-state index in [0.29, 0.717) is 12.8 Å². The summed E-state index contributed by atoms with van der Waals surface area (Å²) in [5, 5.41) is 20.6. The topological polar surface area (TPSA) is 87.1 Å². The number of likely N-dealkylation sites (tertiary alicyclic amines) is 1. The van der Waals surface area contributed by atoms with Crippen LogP contribution < -0.4 is 4.74 Å². The van der Waals surface area contributed by atoms with Gasteiger partial charge < -0.3 is 19.8 Å². The predicted molar refractivity (Wildman–Crippen MR) is 109 cm³/mol. The van der Waals surface area contributed by atoms with Crippen molar-refractivity contribution < 1.29 is 28.9 Å². The molecule has 2 aromatic rings. The number of carbonyl (C=O) groups is 2. The standard InChI is InChI=1S/C23H26FNO5/c1-30-19-14-17(24)9-10-18(19)21(27)25-13-11-20(26)23(15-25,22(28)29)12-5-8-16-6-3-2-4-7-16/h2-4,6-7,9-10,14,20,26H,5,8,11-13,15H2,1H3,(H,28,29)/t20-,23-/m1/s1. The molecule has 1 amide bonds. The molecule has 0 bridgehead atoms. The van der Waals surface area contributed by atoms with E-state index in [0.717, 1.165) is 11.6 Å². The number of benzene rings is 2. The summed E-state index contributed by atoms with van der Waals surface area (Å²) in [7, 11) is 1.34. The first-order valence-corrected chi connectivity index (χ1v) is 9.95. The largest absolute Gasteiger partial charge is 0.496 e. The number of methoxy groups -OCH3 is 1. The van der Waals surface area contributed by atoms with Gasteiger partial charge in [0.25, 0.3) is 5.91 Å². The number of hydrogen-bond donors (Lipinski definition) is 2. The molecule has 0 radical (unpaired) electrons. The van der Waals surface area contributed by atoms with Crippen molar-refractivity contribution in [3.8, 4) is 5.75 Å². The number of aliphatic hydroxyl groups is 1. The van der Waals surface area contributed by atoms with Crippen molar-refractivity contribution in [1.29, 1.82) is 0 Å². The van der Waals surface area contributed by atoms with Crippen LogP contribution in [0, 0.1) is 11.2 Å². The number of piperidine rings is 1. The highest BCUT2D eigenvalue weighted by molar-refractivity contribution is 5.97. The lowest BCUT2D eigenvalue weighted by Gasteiger charge is -2.43. The Balaban J connectivity index is 1.78. The Labute approximate surface area is 174 Å². The Bertz CT molecular complexity index is 904. The number of hydrogen-bond acceptors (Lipinski definition) is 4. The molecule has 2 aromatic carbocycles. The summed E-state index contributed by atoms with van der Waals surface area (Å²) < 4.78 is 18.6.